The van der Waals surface area contributed by atoms with Crippen molar-refractivity contribution in [2.45, 2.75) is 6.92 Å². The molecule has 0 atom stereocenters. The Bertz CT molecular complexity index is 947. The summed E-state index contributed by atoms with van der Waals surface area (Å²) in [4.78, 5) is 16.0. The number of anilines is 1. The molecule has 1 saturated heterocycles. The van der Waals surface area contributed by atoms with Crippen molar-refractivity contribution >= 4 is 62.5 Å². The predicted octanol–water partition coefficient (Wildman–Crippen LogP) is 4.81. The molecule has 1 N–H and O–H groups in total. The number of hydrogen-bond donors (Lipinski definition) is 1. The molecule has 0 aliphatic carbocycles. The first-order chi connectivity index (χ1) is 12.8. The van der Waals surface area contributed by atoms with Gasteiger partial charge in [0.05, 0.1) is 17.3 Å². The number of likely N-dealkylation sites (N-methyl/N-ethyl adjacent to an activating group) is 1. The standard InChI is InChI=1S/C19H16BrClN2O3S/c1-3-26-14-6-4-13(5-7-14)23-18(25)16(22(2)19(23)27)9-11-8-12(20)10-15(21)17(11)24/h4-10,24H,3H2,1-2H3/b16-9-. The first-order valence-corrected chi connectivity index (χ1v) is 9.66. The molecule has 5 nitrogen and oxygen atoms in total. The van der Waals surface area contributed by atoms with Crippen molar-refractivity contribution < 1.29 is 14.6 Å². The third kappa shape index (κ3) is 3.81. The predicted molar refractivity (Wildman–Crippen MR) is 114 cm³/mol. The van der Waals surface area contributed by atoms with Crippen LogP contribution in [0.3, 0.4) is 0 Å². The van der Waals surface area contributed by atoms with Gasteiger partial charge in [0, 0.05) is 17.1 Å². The molecule has 1 aliphatic heterocycles. The second-order valence-corrected chi connectivity index (χ2v) is 7.45. The molecule has 2 aromatic rings. The van der Waals surface area contributed by atoms with E-state index < -0.39 is 0 Å². The van der Waals surface area contributed by atoms with Crippen molar-refractivity contribution in [1.82, 2.24) is 4.90 Å². The number of ether oxygens (including phenoxy) is 1. The molecule has 1 heterocycles. The van der Waals surface area contributed by atoms with Crippen LogP contribution in [0.1, 0.15) is 12.5 Å². The lowest BCUT2D eigenvalue weighted by Gasteiger charge is -2.16. The Hall–Kier alpha value is -2.09. The Morgan fingerprint density at radius 1 is 1.30 bits per heavy atom. The van der Waals surface area contributed by atoms with Crippen molar-refractivity contribution in [2.24, 2.45) is 0 Å². The molecular formula is C19H16BrClN2O3S. The van der Waals surface area contributed by atoms with Crippen molar-refractivity contribution in [3.8, 4) is 11.5 Å². The highest BCUT2D eigenvalue weighted by Crippen LogP contribution is 2.35. The van der Waals surface area contributed by atoms with E-state index in [9.17, 15) is 9.90 Å². The summed E-state index contributed by atoms with van der Waals surface area (Å²) in [6.07, 6.45) is 1.56. The normalized spacial score (nSPS) is 15.8. The average molecular weight is 468 g/mol. The molecule has 1 aliphatic rings. The van der Waals surface area contributed by atoms with Crippen LogP contribution >= 0.6 is 39.7 Å². The zero-order valence-electron chi connectivity index (χ0n) is 14.6. The number of phenolic OH excluding ortho intramolecular Hbond substituents is 1. The SMILES string of the molecule is CCOc1ccc(N2C(=O)/C(=C/c3cc(Br)cc(Cl)c3O)N(C)C2=S)cc1. The molecule has 1 fully saturated rings. The second-order valence-electron chi connectivity index (χ2n) is 5.76. The Morgan fingerprint density at radius 2 is 1.96 bits per heavy atom. The van der Waals surface area contributed by atoms with E-state index in [1.165, 1.54) is 4.90 Å². The molecule has 140 valence electrons. The molecule has 0 spiro atoms. The summed E-state index contributed by atoms with van der Waals surface area (Å²) in [5.41, 5.74) is 1.39. The fourth-order valence-electron chi connectivity index (χ4n) is 2.69. The lowest BCUT2D eigenvalue weighted by Crippen LogP contribution is -2.31. The molecule has 1 amide bonds. The second kappa shape index (κ2) is 7.88. The number of thiocarbonyl (C=S) groups is 1. The zero-order chi connectivity index (χ0) is 19.7. The highest BCUT2D eigenvalue weighted by Gasteiger charge is 2.37. The summed E-state index contributed by atoms with van der Waals surface area (Å²) in [5.74, 6) is 0.331. The summed E-state index contributed by atoms with van der Waals surface area (Å²) < 4.78 is 6.12. The van der Waals surface area contributed by atoms with E-state index in [-0.39, 0.29) is 16.7 Å². The van der Waals surface area contributed by atoms with E-state index in [0.717, 1.165) is 5.75 Å². The molecule has 0 unspecified atom stereocenters. The minimum atomic E-state index is -0.290. The molecule has 0 saturated carbocycles. The van der Waals surface area contributed by atoms with Gasteiger partial charge in [0.1, 0.15) is 17.2 Å². The fraction of sp³-hybridized carbons (Fsp3) is 0.158. The molecular weight excluding hydrogens is 452 g/mol. The van der Waals surface area contributed by atoms with Crippen LogP contribution in [0.15, 0.2) is 46.6 Å². The van der Waals surface area contributed by atoms with Crippen LogP contribution in [-0.4, -0.2) is 34.7 Å². The number of carbonyl (C=O) groups is 1. The Kier molecular flexibility index (Phi) is 5.74. The molecule has 2 aromatic carbocycles. The highest BCUT2D eigenvalue weighted by molar-refractivity contribution is 9.10. The van der Waals surface area contributed by atoms with Crippen molar-refractivity contribution in [1.29, 1.82) is 0 Å². The maximum absolute atomic E-state index is 13.0. The van der Waals surface area contributed by atoms with Crippen LogP contribution in [0.4, 0.5) is 5.69 Å². The van der Waals surface area contributed by atoms with Gasteiger partial charge < -0.3 is 14.7 Å². The van der Waals surface area contributed by atoms with Crippen molar-refractivity contribution in [2.75, 3.05) is 18.6 Å². The van der Waals surface area contributed by atoms with Gasteiger partial charge in [0.25, 0.3) is 5.91 Å². The monoisotopic (exact) mass is 466 g/mol. The summed E-state index contributed by atoms with van der Waals surface area (Å²) in [5, 5.41) is 10.7. The number of aromatic hydroxyl groups is 1. The average Bonchev–Trinajstić information content (AvgIpc) is 2.84. The van der Waals surface area contributed by atoms with E-state index in [0.29, 0.717) is 33.1 Å². The zero-order valence-corrected chi connectivity index (χ0v) is 17.7. The van der Waals surface area contributed by atoms with Gasteiger partial charge >= 0.3 is 0 Å². The van der Waals surface area contributed by atoms with E-state index in [2.05, 4.69) is 15.9 Å². The van der Waals surface area contributed by atoms with Gasteiger partial charge in [-0.05, 0) is 61.6 Å². The molecule has 27 heavy (non-hydrogen) atoms. The molecule has 0 bridgehead atoms. The number of rotatable bonds is 4. The van der Waals surface area contributed by atoms with Crippen molar-refractivity contribution in [3.63, 3.8) is 0 Å². The lowest BCUT2D eigenvalue weighted by atomic mass is 10.1. The minimum Gasteiger partial charge on any atom is -0.506 e. The number of carbonyl (C=O) groups excluding carboxylic acids is 1. The van der Waals surface area contributed by atoms with Gasteiger partial charge in [-0.2, -0.15) is 0 Å². The van der Waals surface area contributed by atoms with E-state index in [1.807, 2.05) is 6.92 Å². The number of phenols is 1. The third-order valence-electron chi connectivity index (χ3n) is 4.02. The van der Waals surface area contributed by atoms with Gasteiger partial charge in [-0.3, -0.25) is 9.69 Å². The van der Waals surface area contributed by atoms with Crippen LogP contribution in [0, 0.1) is 0 Å². The quantitative estimate of drug-likeness (QED) is 0.516. The Morgan fingerprint density at radius 3 is 2.59 bits per heavy atom. The van der Waals surface area contributed by atoms with Gasteiger partial charge in [-0.15, -0.1) is 0 Å². The summed E-state index contributed by atoms with van der Waals surface area (Å²) in [7, 11) is 1.71. The van der Waals surface area contributed by atoms with Gasteiger partial charge in [0.2, 0.25) is 0 Å². The fourth-order valence-corrected chi connectivity index (χ4v) is 3.81. The van der Waals surface area contributed by atoms with Crippen LogP contribution in [0.5, 0.6) is 11.5 Å². The topological polar surface area (TPSA) is 53.0 Å². The largest absolute Gasteiger partial charge is 0.506 e. The van der Waals surface area contributed by atoms with Crippen LogP contribution < -0.4 is 9.64 Å². The maximum Gasteiger partial charge on any atom is 0.281 e. The maximum atomic E-state index is 13.0. The van der Waals surface area contributed by atoms with Crippen molar-refractivity contribution in [3.05, 3.63) is 57.2 Å². The van der Waals surface area contributed by atoms with Gasteiger partial charge in [-0.1, -0.05) is 27.5 Å². The molecule has 3 rings (SSSR count). The molecule has 8 heteroatoms. The van der Waals surface area contributed by atoms with Gasteiger partial charge in [-0.25, -0.2) is 0 Å². The van der Waals surface area contributed by atoms with E-state index >= 15 is 0 Å². The van der Waals surface area contributed by atoms with Crippen LogP contribution in [0.25, 0.3) is 6.08 Å². The van der Waals surface area contributed by atoms with E-state index in [4.69, 9.17) is 28.6 Å². The third-order valence-corrected chi connectivity index (χ3v) is 5.22. The minimum absolute atomic E-state index is 0.0981. The smallest absolute Gasteiger partial charge is 0.281 e. The summed E-state index contributed by atoms with van der Waals surface area (Å²) in [6.45, 7) is 2.47. The van der Waals surface area contributed by atoms with E-state index in [1.54, 1.807) is 54.4 Å². The highest BCUT2D eigenvalue weighted by atomic mass is 79.9. The molecule has 0 aromatic heterocycles. The summed E-state index contributed by atoms with van der Waals surface area (Å²) >= 11 is 14.8. The Balaban J connectivity index is 1.98. The van der Waals surface area contributed by atoms with Crippen LogP contribution in [-0.2, 0) is 4.79 Å². The number of hydrogen-bond acceptors (Lipinski definition) is 4. The first kappa shape index (κ1) is 19.7. The first-order valence-electron chi connectivity index (χ1n) is 8.08. The number of halogens is 2. The number of benzene rings is 2. The lowest BCUT2D eigenvalue weighted by molar-refractivity contribution is -0.114. The Labute approximate surface area is 175 Å². The van der Waals surface area contributed by atoms with Crippen LogP contribution in [0.2, 0.25) is 5.02 Å². The van der Waals surface area contributed by atoms with Gasteiger partial charge in [0.15, 0.2) is 5.11 Å². The number of amides is 1. The molecule has 0 radical (unpaired) electrons. The summed E-state index contributed by atoms with van der Waals surface area (Å²) in [6, 6.07) is 10.4. The number of nitrogens with zero attached hydrogens (tertiary/aromatic N) is 2.